The molecule has 0 aromatic carbocycles. The normalized spacial score (nSPS) is 26.2. The monoisotopic (exact) mass is 344 g/mol. The van der Waals surface area contributed by atoms with Crippen LogP contribution in [-0.4, -0.2) is 39.4 Å². The lowest BCUT2D eigenvalue weighted by atomic mass is 9.75. The van der Waals surface area contributed by atoms with Crippen molar-refractivity contribution in [2.24, 2.45) is 5.92 Å². The minimum atomic E-state index is -0.495. The molecule has 1 aromatic rings. The van der Waals surface area contributed by atoms with Gasteiger partial charge in [-0.15, -0.1) is 0 Å². The molecule has 0 aliphatic carbocycles. The summed E-state index contributed by atoms with van der Waals surface area (Å²) in [6.07, 6.45) is 7.62. The van der Waals surface area contributed by atoms with Crippen LogP contribution in [0.3, 0.4) is 0 Å². The molecule has 5 nitrogen and oxygen atoms in total. The van der Waals surface area contributed by atoms with Crippen molar-refractivity contribution in [3.63, 3.8) is 0 Å². The summed E-state index contributed by atoms with van der Waals surface area (Å²) < 4.78 is 5.61. The Balaban J connectivity index is 1.76. The van der Waals surface area contributed by atoms with Crippen LogP contribution in [0.4, 0.5) is 4.79 Å². The molecular weight excluding hydrogens is 316 g/mol. The highest BCUT2D eigenvalue weighted by Crippen LogP contribution is 2.39. The first kappa shape index (κ1) is 17.9. The van der Waals surface area contributed by atoms with Gasteiger partial charge in [-0.2, -0.15) is 0 Å². The molecule has 2 fully saturated rings. The molecule has 0 N–H and O–H groups in total. The molecule has 0 spiro atoms. The van der Waals surface area contributed by atoms with E-state index in [0.717, 1.165) is 43.2 Å². The summed E-state index contributed by atoms with van der Waals surface area (Å²) in [5.74, 6) is 0.142. The lowest BCUT2D eigenvalue weighted by Crippen LogP contribution is -2.56. The van der Waals surface area contributed by atoms with Crippen LogP contribution in [0.2, 0.25) is 0 Å². The van der Waals surface area contributed by atoms with Gasteiger partial charge in [0, 0.05) is 36.0 Å². The second-order valence-electron chi connectivity index (χ2n) is 8.35. The lowest BCUT2D eigenvalue weighted by Gasteiger charge is -2.48. The second kappa shape index (κ2) is 6.77. The van der Waals surface area contributed by atoms with Gasteiger partial charge in [0.2, 0.25) is 0 Å². The molecule has 1 aromatic heterocycles. The van der Waals surface area contributed by atoms with Crippen molar-refractivity contribution in [2.45, 2.75) is 77.5 Å². The minimum absolute atomic E-state index is 0.0307. The van der Waals surface area contributed by atoms with E-state index in [9.17, 15) is 9.59 Å². The van der Waals surface area contributed by atoms with Gasteiger partial charge >= 0.3 is 6.09 Å². The van der Waals surface area contributed by atoms with Gasteiger partial charge < -0.3 is 9.64 Å². The van der Waals surface area contributed by atoms with Gasteiger partial charge in [0.25, 0.3) is 0 Å². The summed E-state index contributed by atoms with van der Waals surface area (Å²) in [4.78, 5) is 31.6. The Morgan fingerprint density at radius 2 is 1.84 bits per heavy atom. The number of Topliss-reactive ketones (excluding diaryl/α,β-unsaturated/α-hetero) is 1. The fourth-order valence-electron chi connectivity index (χ4n) is 4.15. The maximum absolute atomic E-state index is 13.0. The van der Waals surface area contributed by atoms with Crippen LogP contribution in [0.1, 0.15) is 68.8 Å². The average molecular weight is 344 g/mol. The SMILES string of the molecule is Cc1ccncc1C(=O)C1CC2CCCC(C1)N2C(=O)OC(C)(C)C. The predicted molar refractivity (Wildman–Crippen MR) is 95.5 cm³/mol. The third-order valence-electron chi connectivity index (χ3n) is 5.25. The fourth-order valence-corrected chi connectivity index (χ4v) is 4.15. The Bertz CT molecular complexity index is 651. The van der Waals surface area contributed by atoms with Crippen molar-refractivity contribution in [1.29, 1.82) is 0 Å². The van der Waals surface area contributed by atoms with Crippen molar-refractivity contribution in [1.82, 2.24) is 9.88 Å². The predicted octanol–water partition coefficient (Wildman–Crippen LogP) is 4.14. The standard InChI is InChI=1S/C20H28N2O3/c1-13-8-9-21-12-17(13)18(23)14-10-15-6-5-7-16(11-14)22(15)19(24)25-20(2,3)4/h8-9,12,14-16H,5-7,10-11H2,1-4H3. The van der Waals surface area contributed by atoms with Crippen molar-refractivity contribution in [2.75, 3.05) is 0 Å². The van der Waals surface area contributed by atoms with Gasteiger partial charge in [-0.1, -0.05) is 0 Å². The zero-order valence-corrected chi connectivity index (χ0v) is 15.6. The average Bonchev–Trinajstić information content (AvgIpc) is 2.51. The van der Waals surface area contributed by atoms with Gasteiger partial charge in [0.05, 0.1) is 0 Å². The van der Waals surface area contributed by atoms with E-state index in [1.54, 1.807) is 12.4 Å². The number of hydrogen-bond acceptors (Lipinski definition) is 4. The van der Waals surface area contributed by atoms with E-state index in [-0.39, 0.29) is 29.9 Å². The maximum atomic E-state index is 13.0. The number of ketones is 1. The van der Waals surface area contributed by atoms with Gasteiger partial charge in [-0.25, -0.2) is 4.79 Å². The molecule has 0 radical (unpaired) electrons. The first-order valence-corrected chi connectivity index (χ1v) is 9.22. The van der Waals surface area contributed by atoms with Crippen molar-refractivity contribution in [3.8, 4) is 0 Å². The Morgan fingerprint density at radius 3 is 2.40 bits per heavy atom. The summed E-state index contributed by atoms with van der Waals surface area (Å²) in [5.41, 5.74) is 1.20. The molecule has 2 atom stereocenters. The maximum Gasteiger partial charge on any atom is 0.410 e. The van der Waals surface area contributed by atoms with E-state index in [1.807, 2.05) is 38.7 Å². The number of aryl methyl sites for hydroxylation is 1. The Hall–Kier alpha value is -1.91. The molecule has 3 rings (SSSR count). The minimum Gasteiger partial charge on any atom is -0.444 e. The lowest BCUT2D eigenvalue weighted by molar-refractivity contribution is -0.0260. The van der Waals surface area contributed by atoms with Gasteiger partial charge in [0.15, 0.2) is 5.78 Å². The Kier molecular flexibility index (Phi) is 4.85. The summed E-state index contributed by atoms with van der Waals surface area (Å²) in [5, 5.41) is 0. The third-order valence-corrected chi connectivity index (χ3v) is 5.25. The number of piperidine rings is 2. The van der Waals surface area contributed by atoms with Gasteiger partial charge in [-0.05, 0) is 71.4 Å². The zero-order valence-electron chi connectivity index (χ0n) is 15.6. The molecule has 2 aliphatic rings. The van der Waals surface area contributed by atoms with Crippen molar-refractivity contribution >= 4 is 11.9 Å². The summed E-state index contributed by atoms with van der Waals surface area (Å²) in [6, 6.07) is 2.09. The summed E-state index contributed by atoms with van der Waals surface area (Å²) >= 11 is 0. The second-order valence-corrected chi connectivity index (χ2v) is 8.35. The number of hydrogen-bond donors (Lipinski definition) is 0. The zero-order chi connectivity index (χ0) is 18.2. The molecule has 2 unspecified atom stereocenters. The molecule has 1 amide bonds. The van der Waals surface area contributed by atoms with E-state index in [1.165, 1.54) is 0 Å². The molecule has 3 heterocycles. The van der Waals surface area contributed by atoms with E-state index in [0.29, 0.717) is 0 Å². The van der Waals surface area contributed by atoms with Crippen LogP contribution in [0, 0.1) is 12.8 Å². The van der Waals surface area contributed by atoms with Crippen molar-refractivity contribution in [3.05, 3.63) is 29.6 Å². The molecule has 25 heavy (non-hydrogen) atoms. The smallest absolute Gasteiger partial charge is 0.410 e. The van der Waals surface area contributed by atoms with E-state index >= 15 is 0 Å². The fraction of sp³-hybridized carbons (Fsp3) is 0.650. The Labute approximate surface area is 149 Å². The van der Waals surface area contributed by atoms with Crippen LogP contribution in [0.15, 0.2) is 18.5 Å². The van der Waals surface area contributed by atoms with Crippen LogP contribution in [0.5, 0.6) is 0 Å². The summed E-state index contributed by atoms with van der Waals surface area (Å²) in [7, 11) is 0. The largest absolute Gasteiger partial charge is 0.444 e. The number of carbonyl (C=O) groups is 2. The number of carbonyl (C=O) groups excluding carboxylic acids is 2. The number of pyridine rings is 1. The van der Waals surface area contributed by atoms with Gasteiger partial charge in [-0.3, -0.25) is 9.78 Å². The topological polar surface area (TPSA) is 59.5 Å². The van der Waals surface area contributed by atoms with E-state index in [2.05, 4.69) is 4.98 Å². The van der Waals surface area contributed by atoms with Gasteiger partial charge in [0.1, 0.15) is 5.60 Å². The number of nitrogens with zero attached hydrogens (tertiary/aromatic N) is 2. The number of aromatic nitrogens is 1. The number of rotatable bonds is 2. The van der Waals surface area contributed by atoms with Crippen LogP contribution >= 0.6 is 0 Å². The van der Waals surface area contributed by atoms with Crippen LogP contribution in [-0.2, 0) is 4.74 Å². The molecule has 5 heteroatoms. The van der Waals surface area contributed by atoms with E-state index < -0.39 is 5.60 Å². The van der Waals surface area contributed by atoms with Crippen LogP contribution in [0.25, 0.3) is 0 Å². The van der Waals surface area contributed by atoms with E-state index in [4.69, 9.17) is 4.74 Å². The summed E-state index contributed by atoms with van der Waals surface area (Å²) in [6.45, 7) is 7.62. The first-order chi connectivity index (χ1) is 11.8. The molecule has 2 bridgehead atoms. The highest BCUT2D eigenvalue weighted by Gasteiger charge is 2.44. The van der Waals surface area contributed by atoms with Crippen molar-refractivity contribution < 1.29 is 14.3 Å². The highest BCUT2D eigenvalue weighted by molar-refractivity contribution is 5.99. The molecule has 2 saturated heterocycles. The Morgan fingerprint density at radius 1 is 1.20 bits per heavy atom. The molecular formula is C20H28N2O3. The first-order valence-electron chi connectivity index (χ1n) is 9.22. The quantitative estimate of drug-likeness (QED) is 0.757. The highest BCUT2D eigenvalue weighted by atomic mass is 16.6. The molecule has 136 valence electrons. The number of fused-ring (bicyclic) bond motifs is 2. The number of ether oxygens (including phenoxy) is 1. The molecule has 0 saturated carbocycles. The third kappa shape index (κ3) is 3.86. The van der Waals surface area contributed by atoms with Crippen LogP contribution < -0.4 is 0 Å². The number of amides is 1. The molecule has 2 aliphatic heterocycles.